The lowest BCUT2D eigenvalue weighted by atomic mass is 9.93. The Morgan fingerprint density at radius 1 is 1.14 bits per heavy atom. The Balaban J connectivity index is 1.35. The van der Waals surface area contributed by atoms with Crippen LogP contribution in [0.3, 0.4) is 0 Å². The van der Waals surface area contributed by atoms with Crippen molar-refractivity contribution in [3.8, 4) is 5.75 Å². The van der Waals surface area contributed by atoms with Gasteiger partial charge in [-0.25, -0.2) is 0 Å². The number of fused-ring (bicyclic) bond motifs is 3. The van der Waals surface area contributed by atoms with Crippen molar-refractivity contribution < 1.29 is 13.9 Å². The normalized spacial score (nSPS) is 17.0. The summed E-state index contributed by atoms with van der Waals surface area (Å²) in [6.07, 6.45) is 9.89. The van der Waals surface area contributed by atoms with E-state index >= 15 is 0 Å². The second-order valence-electron chi connectivity index (χ2n) is 9.68. The zero-order valence-electron chi connectivity index (χ0n) is 21.1. The lowest BCUT2D eigenvalue weighted by Crippen LogP contribution is -2.47. The number of nitrogens with zero attached hydrogens (tertiary/aromatic N) is 3. The highest BCUT2D eigenvalue weighted by Crippen LogP contribution is 2.41. The molecule has 1 fully saturated rings. The van der Waals surface area contributed by atoms with E-state index in [-0.39, 0.29) is 5.91 Å². The molecule has 0 unspecified atom stereocenters. The van der Waals surface area contributed by atoms with Crippen LogP contribution in [-0.2, 0) is 24.2 Å². The predicted octanol–water partition coefficient (Wildman–Crippen LogP) is 5.16. The molecular weight excluding hydrogens is 438 g/mol. The van der Waals surface area contributed by atoms with Crippen LogP contribution in [0, 0.1) is 6.92 Å². The number of aryl methyl sites for hydroxylation is 3. The monoisotopic (exact) mass is 473 g/mol. The van der Waals surface area contributed by atoms with E-state index in [1.54, 1.807) is 6.08 Å². The second-order valence-corrected chi connectivity index (χ2v) is 9.68. The van der Waals surface area contributed by atoms with Crippen molar-refractivity contribution >= 4 is 22.4 Å². The fraction of sp³-hybridized carbons (Fsp3) is 0.448. The Morgan fingerprint density at radius 3 is 2.63 bits per heavy atom. The van der Waals surface area contributed by atoms with Crippen LogP contribution in [0.1, 0.15) is 54.7 Å². The molecule has 1 amide bonds. The second kappa shape index (κ2) is 10.2. The quantitative estimate of drug-likeness (QED) is 0.463. The number of ether oxygens (including phenoxy) is 1. The van der Waals surface area contributed by atoms with Crippen molar-refractivity contribution in [2.45, 2.75) is 53.0 Å². The molecule has 5 rings (SSSR count). The van der Waals surface area contributed by atoms with E-state index in [1.165, 1.54) is 29.4 Å². The number of carbonyl (C=O) groups excluding carboxylic acids is 1. The van der Waals surface area contributed by atoms with Crippen molar-refractivity contribution in [1.82, 2.24) is 14.8 Å². The van der Waals surface area contributed by atoms with Crippen LogP contribution in [-0.4, -0.2) is 53.5 Å². The SMILES string of the molecule is CCOc1c(/C(C)=C/C(=O)N2CCN(Cc3ccncc3)CC2)cc2c3c(oc2c1C)CCCC3. The van der Waals surface area contributed by atoms with Gasteiger partial charge in [0.15, 0.2) is 0 Å². The first-order valence-electron chi connectivity index (χ1n) is 12.8. The lowest BCUT2D eigenvalue weighted by Gasteiger charge is -2.34. The topological polar surface area (TPSA) is 58.8 Å². The van der Waals surface area contributed by atoms with Crippen LogP contribution >= 0.6 is 0 Å². The smallest absolute Gasteiger partial charge is 0.246 e. The van der Waals surface area contributed by atoms with Crippen LogP contribution < -0.4 is 4.74 Å². The number of hydrogen-bond acceptors (Lipinski definition) is 5. The average molecular weight is 474 g/mol. The highest BCUT2D eigenvalue weighted by Gasteiger charge is 2.24. The van der Waals surface area contributed by atoms with Gasteiger partial charge in [-0.1, -0.05) is 0 Å². The number of furan rings is 1. The fourth-order valence-electron chi connectivity index (χ4n) is 5.39. The number of rotatable bonds is 6. The molecular formula is C29H35N3O3. The standard InChI is InChI=1S/C29H35N3O3/c1-4-34-28-21(3)29-25(23-7-5-6-8-26(23)35-29)18-24(28)20(2)17-27(33)32-15-13-31(14-16-32)19-22-9-11-30-12-10-22/h9-12,17-18H,4-8,13-16,19H2,1-3H3/b20-17+. The van der Waals surface area contributed by atoms with Gasteiger partial charge >= 0.3 is 0 Å². The Bertz CT molecular complexity index is 1240. The molecule has 1 aliphatic heterocycles. The third-order valence-corrected chi connectivity index (χ3v) is 7.32. The average Bonchev–Trinajstić information content (AvgIpc) is 3.26. The molecule has 6 nitrogen and oxygen atoms in total. The van der Waals surface area contributed by atoms with Gasteiger partial charge in [0.25, 0.3) is 0 Å². The number of pyridine rings is 1. The molecule has 2 aromatic heterocycles. The number of benzene rings is 1. The predicted molar refractivity (Wildman–Crippen MR) is 139 cm³/mol. The zero-order chi connectivity index (χ0) is 24.4. The Morgan fingerprint density at radius 2 is 1.89 bits per heavy atom. The van der Waals surface area contributed by atoms with Crippen LogP contribution in [0.15, 0.2) is 41.1 Å². The number of carbonyl (C=O) groups is 1. The van der Waals surface area contributed by atoms with E-state index in [1.807, 2.05) is 31.1 Å². The lowest BCUT2D eigenvalue weighted by molar-refractivity contribution is -0.127. The molecule has 0 bridgehead atoms. The maximum Gasteiger partial charge on any atom is 0.246 e. The molecule has 3 heterocycles. The molecule has 0 spiro atoms. The first kappa shape index (κ1) is 23.6. The van der Waals surface area contributed by atoms with Crippen molar-refractivity contribution in [1.29, 1.82) is 0 Å². The molecule has 3 aromatic rings. The summed E-state index contributed by atoms with van der Waals surface area (Å²) in [7, 11) is 0. The Kier molecular flexibility index (Phi) is 6.91. The summed E-state index contributed by atoms with van der Waals surface area (Å²) in [4.78, 5) is 21.7. The zero-order valence-corrected chi connectivity index (χ0v) is 21.1. The maximum absolute atomic E-state index is 13.2. The van der Waals surface area contributed by atoms with E-state index in [0.717, 1.165) is 79.4 Å². The van der Waals surface area contributed by atoms with E-state index in [2.05, 4.69) is 35.0 Å². The minimum absolute atomic E-state index is 0.0699. The summed E-state index contributed by atoms with van der Waals surface area (Å²) in [5.74, 6) is 2.02. The molecule has 6 heteroatoms. The Hall–Kier alpha value is -3.12. The van der Waals surface area contributed by atoms with Crippen molar-refractivity contribution in [3.63, 3.8) is 0 Å². The van der Waals surface area contributed by atoms with Crippen molar-refractivity contribution in [2.75, 3.05) is 32.8 Å². The van der Waals surface area contributed by atoms with Gasteiger partial charge in [-0.3, -0.25) is 14.7 Å². The number of amides is 1. The first-order valence-corrected chi connectivity index (χ1v) is 12.8. The minimum atomic E-state index is 0.0699. The summed E-state index contributed by atoms with van der Waals surface area (Å²) in [6, 6.07) is 6.29. The number of aromatic nitrogens is 1. The van der Waals surface area contributed by atoms with Gasteiger partial charge in [0.1, 0.15) is 17.1 Å². The molecule has 2 aliphatic rings. The summed E-state index contributed by atoms with van der Waals surface area (Å²) in [5, 5.41) is 1.18. The maximum atomic E-state index is 13.2. The number of allylic oxidation sites excluding steroid dienone is 1. The molecule has 184 valence electrons. The van der Waals surface area contributed by atoms with E-state index in [4.69, 9.17) is 9.15 Å². The summed E-state index contributed by atoms with van der Waals surface area (Å²) >= 11 is 0. The third kappa shape index (κ3) is 4.85. The van der Waals surface area contributed by atoms with Crippen LogP contribution in [0.2, 0.25) is 0 Å². The Labute approximate surface area is 207 Å². The molecule has 0 saturated carbocycles. The summed E-state index contributed by atoms with van der Waals surface area (Å²) in [6.45, 7) is 10.8. The van der Waals surface area contributed by atoms with Gasteiger partial charge < -0.3 is 14.1 Å². The van der Waals surface area contributed by atoms with E-state index in [0.29, 0.717) is 6.61 Å². The summed E-state index contributed by atoms with van der Waals surface area (Å²) in [5.41, 5.74) is 6.49. The van der Waals surface area contributed by atoms with Gasteiger partial charge in [-0.2, -0.15) is 0 Å². The van der Waals surface area contributed by atoms with Crippen LogP contribution in [0.25, 0.3) is 16.5 Å². The first-order chi connectivity index (χ1) is 17.0. The van der Waals surface area contributed by atoms with Gasteiger partial charge in [-0.05, 0) is 69.4 Å². The van der Waals surface area contributed by atoms with Gasteiger partial charge in [0, 0.05) is 79.7 Å². The minimum Gasteiger partial charge on any atom is -0.493 e. The van der Waals surface area contributed by atoms with E-state index in [9.17, 15) is 4.79 Å². The molecule has 35 heavy (non-hydrogen) atoms. The largest absolute Gasteiger partial charge is 0.493 e. The van der Waals surface area contributed by atoms with Crippen molar-refractivity contribution in [2.24, 2.45) is 0 Å². The van der Waals surface area contributed by atoms with E-state index < -0.39 is 0 Å². The third-order valence-electron chi connectivity index (χ3n) is 7.32. The fourth-order valence-corrected chi connectivity index (χ4v) is 5.39. The van der Waals surface area contributed by atoms with Crippen LogP contribution in [0.5, 0.6) is 5.75 Å². The molecule has 0 atom stereocenters. The molecule has 1 saturated heterocycles. The summed E-state index contributed by atoms with van der Waals surface area (Å²) < 4.78 is 12.4. The molecule has 0 N–H and O–H groups in total. The van der Waals surface area contributed by atoms with Gasteiger partial charge in [-0.15, -0.1) is 0 Å². The molecule has 1 aromatic carbocycles. The van der Waals surface area contributed by atoms with Crippen molar-refractivity contribution in [3.05, 3.63) is 64.7 Å². The molecule has 0 radical (unpaired) electrons. The van der Waals surface area contributed by atoms with Gasteiger partial charge in [0.05, 0.1) is 6.61 Å². The highest BCUT2D eigenvalue weighted by molar-refractivity contribution is 5.98. The number of hydrogen-bond donors (Lipinski definition) is 0. The molecule has 1 aliphatic carbocycles. The van der Waals surface area contributed by atoms with Crippen LogP contribution in [0.4, 0.5) is 0 Å². The van der Waals surface area contributed by atoms with Gasteiger partial charge in [0.2, 0.25) is 5.91 Å². The number of piperazine rings is 1. The highest BCUT2D eigenvalue weighted by atomic mass is 16.5.